The van der Waals surface area contributed by atoms with E-state index in [2.05, 4.69) is 0 Å². The van der Waals surface area contributed by atoms with Gasteiger partial charge >= 0.3 is 18.2 Å². The van der Waals surface area contributed by atoms with E-state index in [1.54, 1.807) is 39.8 Å². The van der Waals surface area contributed by atoms with Crippen LogP contribution in [0.3, 0.4) is 0 Å². The molecule has 0 radical (unpaired) electrons. The van der Waals surface area contributed by atoms with E-state index in [-0.39, 0.29) is 38.5 Å². The minimum atomic E-state index is -0.897. The molecule has 164 valence electrons. The van der Waals surface area contributed by atoms with Gasteiger partial charge in [0, 0.05) is 18.5 Å². The molecule has 2 aliphatic heterocycles. The number of ether oxygens (including phenoxy) is 3. The molecule has 0 N–H and O–H groups in total. The third-order valence-corrected chi connectivity index (χ3v) is 4.90. The van der Waals surface area contributed by atoms with Crippen LogP contribution in [-0.4, -0.2) is 58.9 Å². The molecule has 1 aromatic carbocycles. The van der Waals surface area contributed by atoms with E-state index in [1.807, 2.05) is 0 Å². The first-order chi connectivity index (χ1) is 14.1. The van der Waals surface area contributed by atoms with Crippen LogP contribution in [0.5, 0.6) is 0 Å². The van der Waals surface area contributed by atoms with Crippen molar-refractivity contribution in [1.29, 1.82) is 0 Å². The maximum Gasteiger partial charge on any atom is 0.411 e. The fourth-order valence-electron chi connectivity index (χ4n) is 3.59. The van der Waals surface area contributed by atoms with Crippen molar-refractivity contribution in [1.82, 2.24) is 9.80 Å². The Kier molecular flexibility index (Phi) is 6.19. The van der Waals surface area contributed by atoms with Crippen LogP contribution in [0.2, 0.25) is 0 Å². The number of carbonyl (C=O) groups is 3. The first-order valence-electron chi connectivity index (χ1n) is 9.97. The summed E-state index contributed by atoms with van der Waals surface area (Å²) in [4.78, 5) is 40.1. The zero-order valence-corrected chi connectivity index (χ0v) is 17.6. The van der Waals surface area contributed by atoms with Gasteiger partial charge in [0.2, 0.25) is 0 Å². The lowest BCUT2D eigenvalue weighted by Gasteiger charge is -2.27. The minimum Gasteiger partial charge on any atom is -0.464 e. The van der Waals surface area contributed by atoms with Crippen molar-refractivity contribution >= 4 is 18.2 Å². The van der Waals surface area contributed by atoms with E-state index in [0.29, 0.717) is 5.56 Å². The van der Waals surface area contributed by atoms with E-state index >= 15 is 0 Å². The first kappa shape index (κ1) is 21.9. The van der Waals surface area contributed by atoms with Crippen LogP contribution in [-0.2, 0) is 32.1 Å². The summed E-state index contributed by atoms with van der Waals surface area (Å²) in [6.07, 6.45) is -1.88. The normalized spacial score (nSPS) is 20.7. The molecule has 0 unspecified atom stereocenters. The number of rotatable bonds is 3. The highest BCUT2D eigenvalue weighted by atomic mass is 19.1. The van der Waals surface area contributed by atoms with Crippen molar-refractivity contribution in [2.24, 2.45) is 0 Å². The Labute approximate surface area is 174 Å². The number of esters is 1. The van der Waals surface area contributed by atoms with Crippen molar-refractivity contribution in [3.8, 4) is 0 Å². The van der Waals surface area contributed by atoms with Crippen LogP contribution in [0.1, 0.15) is 45.2 Å². The molecule has 9 heteroatoms. The van der Waals surface area contributed by atoms with Gasteiger partial charge < -0.3 is 14.2 Å². The number of carbonyl (C=O) groups excluding carboxylic acids is 3. The van der Waals surface area contributed by atoms with E-state index in [4.69, 9.17) is 14.2 Å². The monoisotopic (exact) mass is 422 g/mol. The average molecular weight is 422 g/mol. The van der Waals surface area contributed by atoms with Gasteiger partial charge in [-0.2, -0.15) is 0 Å². The number of halogens is 1. The van der Waals surface area contributed by atoms with Gasteiger partial charge in [0.1, 0.15) is 23.6 Å². The second-order valence-electron chi connectivity index (χ2n) is 8.38. The number of hydrogen-bond acceptors (Lipinski definition) is 6. The molecular formula is C21H27FN2O6. The standard InChI is InChI=1S/C21H27FN2O6/c1-5-28-18(25)17-9-14(11-24(17)20(27)30-21(2,3)4)29-19(26)23-10-13-7-6-8-16(22)15(13)12-23/h6-8,14,17H,5,9-12H2,1-4H3/t14-,17+/m1/s1. The molecule has 30 heavy (non-hydrogen) atoms. The lowest BCUT2D eigenvalue weighted by Crippen LogP contribution is -2.44. The molecule has 8 nitrogen and oxygen atoms in total. The van der Waals surface area contributed by atoms with E-state index < -0.39 is 35.9 Å². The number of amides is 2. The Morgan fingerprint density at radius 3 is 2.53 bits per heavy atom. The number of benzene rings is 1. The van der Waals surface area contributed by atoms with Crippen molar-refractivity contribution in [2.75, 3.05) is 13.2 Å². The van der Waals surface area contributed by atoms with Gasteiger partial charge in [0.05, 0.1) is 19.7 Å². The highest BCUT2D eigenvalue weighted by Crippen LogP contribution is 2.28. The van der Waals surface area contributed by atoms with Gasteiger partial charge in [-0.3, -0.25) is 9.80 Å². The van der Waals surface area contributed by atoms with Gasteiger partial charge in [-0.25, -0.2) is 18.8 Å². The summed E-state index contributed by atoms with van der Waals surface area (Å²) in [5.74, 6) is -0.931. The van der Waals surface area contributed by atoms with E-state index in [1.165, 1.54) is 15.9 Å². The fourth-order valence-corrected chi connectivity index (χ4v) is 3.59. The zero-order chi connectivity index (χ0) is 22.1. The second-order valence-corrected chi connectivity index (χ2v) is 8.38. The van der Waals surface area contributed by atoms with E-state index in [0.717, 1.165) is 5.56 Å². The molecular weight excluding hydrogens is 395 g/mol. The van der Waals surface area contributed by atoms with Gasteiger partial charge in [0.15, 0.2) is 0 Å². The van der Waals surface area contributed by atoms with Crippen LogP contribution in [0.25, 0.3) is 0 Å². The summed E-state index contributed by atoms with van der Waals surface area (Å²) in [5, 5.41) is 0. The Hall–Kier alpha value is -2.84. The quantitative estimate of drug-likeness (QED) is 0.549. The smallest absolute Gasteiger partial charge is 0.411 e. The molecule has 2 amide bonds. The zero-order valence-electron chi connectivity index (χ0n) is 17.6. The molecule has 0 spiro atoms. The number of hydrogen-bond donors (Lipinski definition) is 0. The largest absolute Gasteiger partial charge is 0.464 e. The van der Waals surface area contributed by atoms with Gasteiger partial charge in [-0.1, -0.05) is 12.1 Å². The lowest BCUT2D eigenvalue weighted by atomic mass is 10.1. The third-order valence-electron chi connectivity index (χ3n) is 4.90. The highest BCUT2D eigenvalue weighted by Gasteiger charge is 2.44. The number of likely N-dealkylation sites (tertiary alicyclic amines) is 1. The molecule has 2 heterocycles. The van der Waals surface area contributed by atoms with Crippen molar-refractivity contribution in [3.05, 3.63) is 35.1 Å². The summed E-state index contributed by atoms with van der Waals surface area (Å²) in [7, 11) is 0. The highest BCUT2D eigenvalue weighted by molar-refractivity contribution is 5.82. The summed E-state index contributed by atoms with van der Waals surface area (Å²) in [5.41, 5.74) is 0.468. The fraction of sp³-hybridized carbons (Fsp3) is 0.571. The molecule has 1 aromatic rings. The third kappa shape index (κ3) is 4.83. The summed E-state index contributed by atoms with van der Waals surface area (Å²) < 4.78 is 29.9. The maximum atomic E-state index is 13.9. The van der Waals surface area contributed by atoms with Crippen LogP contribution < -0.4 is 0 Å². The predicted octanol–water partition coefficient (Wildman–Crippen LogP) is 3.22. The number of nitrogens with zero attached hydrogens (tertiary/aromatic N) is 2. The van der Waals surface area contributed by atoms with Gasteiger partial charge in [0.25, 0.3) is 0 Å². The first-order valence-corrected chi connectivity index (χ1v) is 9.97. The Balaban J connectivity index is 1.66. The second kappa shape index (κ2) is 8.49. The minimum absolute atomic E-state index is 0.0132. The summed E-state index contributed by atoms with van der Waals surface area (Å²) >= 11 is 0. The van der Waals surface area contributed by atoms with Crippen molar-refractivity contribution < 1.29 is 33.0 Å². The lowest BCUT2D eigenvalue weighted by molar-refractivity contribution is -0.148. The van der Waals surface area contributed by atoms with Crippen LogP contribution in [0.15, 0.2) is 18.2 Å². The van der Waals surface area contributed by atoms with Gasteiger partial charge in [-0.15, -0.1) is 0 Å². The molecule has 1 saturated heterocycles. The SMILES string of the molecule is CCOC(=O)[C@@H]1C[C@@H](OC(=O)N2Cc3cccc(F)c3C2)CN1C(=O)OC(C)(C)C. The van der Waals surface area contributed by atoms with Gasteiger partial charge in [-0.05, 0) is 39.3 Å². The molecule has 0 aliphatic carbocycles. The van der Waals surface area contributed by atoms with Crippen molar-refractivity contribution in [3.63, 3.8) is 0 Å². The molecule has 1 fully saturated rings. The van der Waals surface area contributed by atoms with E-state index in [9.17, 15) is 18.8 Å². The Morgan fingerprint density at radius 2 is 1.90 bits per heavy atom. The predicted molar refractivity (Wildman–Crippen MR) is 104 cm³/mol. The summed E-state index contributed by atoms with van der Waals surface area (Å²) in [6.45, 7) is 7.39. The topological polar surface area (TPSA) is 85.4 Å². The molecule has 0 aromatic heterocycles. The Morgan fingerprint density at radius 1 is 1.17 bits per heavy atom. The molecule has 2 aliphatic rings. The van der Waals surface area contributed by atoms with Crippen LogP contribution in [0, 0.1) is 5.82 Å². The number of fused-ring (bicyclic) bond motifs is 1. The average Bonchev–Trinajstić information content (AvgIpc) is 3.25. The molecule has 2 atom stereocenters. The van der Waals surface area contributed by atoms with Crippen LogP contribution >= 0.6 is 0 Å². The van der Waals surface area contributed by atoms with Crippen molar-refractivity contribution in [2.45, 2.75) is 65.0 Å². The molecule has 0 bridgehead atoms. The van der Waals surface area contributed by atoms with Crippen LogP contribution in [0.4, 0.5) is 14.0 Å². The maximum absolute atomic E-state index is 13.9. The summed E-state index contributed by atoms with van der Waals surface area (Å²) in [6, 6.07) is 3.82. The Bertz CT molecular complexity index is 837. The molecule has 0 saturated carbocycles. The molecule has 3 rings (SSSR count).